The minimum absolute atomic E-state index is 0.176. The Morgan fingerprint density at radius 2 is 2.10 bits per heavy atom. The Labute approximate surface area is 120 Å². The fraction of sp³-hybridized carbons (Fsp3) is 0.600. The van der Waals surface area contributed by atoms with Crippen molar-refractivity contribution in [1.29, 1.82) is 0 Å². The minimum atomic E-state index is -0.306. The Kier molecular flexibility index (Phi) is 4.95. The second-order valence-corrected chi connectivity index (χ2v) is 5.60. The first kappa shape index (κ1) is 14.8. The average Bonchev–Trinajstić information content (AvgIpc) is 2.43. The van der Waals surface area contributed by atoms with Gasteiger partial charge in [-0.2, -0.15) is 0 Å². The molecule has 0 bridgehead atoms. The van der Waals surface area contributed by atoms with Crippen LogP contribution in [0.5, 0.6) is 0 Å². The van der Waals surface area contributed by atoms with Crippen LogP contribution in [0, 0.1) is 16.0 Å². The van der Waals surface area contributed by atoms with Crippen LogP contribution in [0.4, 0.5) is 11.4 Å². The van der Waals surface area contributed by atoms with Gasteiger partial charge >= 0.3 is 0 Å². The van der Waals surface area contributed by atoms with Gasteiger partial charge in [0, 0.05) is 19.2 Å². The van der Waals surface area contributed by atoms with Gasteiger partial charge in [-0.15, -0.1) is 0 Å². The highest BCUT2D eigenvalue weighted by molar-refractivity contribution is 5.62. The molecule has 5 nitrogen and oxygen atoms in total. The summed E-state index contributed by atoms with van der Waals surface area (Å²) in [6, 6.07) is 5.52. The number of nitrogens with one attached hydrogen (secondary N) is 1. The molecule has 0 unspecified atom stereocenters. The Bertz CT molecular complexity index is 468. The van der Waals surface area contributed by atoms with Gasteiger partial charge in [0.15, 0.2) is 0 Å². The van der Waals surface area contributed by atoms with Crippen molar-refractivity contribution in [3.63, 3.8) is 0 Å². The van der Waals surface area contributed by atoms with Gasteiger partial charge in [0.2, 0.25) is 0 Å². The summed E-state index contributed by atoms with van der Waals surface area (Å²) in [5, 5.41) is 14.2. The van der Waals surface area contributed by atoms with Crippen molar-refractivity contribution >= 4 is 11.4 Å². The van der Waals surface area contributed by atoms with E-state index in [9.17, 15) is 10.1 Å². The second-order valence-electron chi connectivity index (χ2n) is 5.60. The Hall–Kier alpha value is -1.62. The highest BCUT2D eigenvalue weighted by Gasteiger charge is 2.18. The van der Waals surface area contributed by atoms with E-state index in [0.717, 1.165) is 31.1 Å². The Balaban J connectivity index is 2.08. The summed E-state index contributed by atoms with van der Waals surface area (Å²) < 4.78 is 0. The third-order valence-corrected chi connectivity index (χ3v) is 3.91. The number of hydrogen-bond acceptors (Lipinski definition) is 4. The fourth-order valence-electron chi connectivity index (χ4n) is 2.64. The first-order valence-electron chi connectivity index (χ1n) is 7.33. The summed E-state index contributed by atoms with van der Waals surface area (Å²) in [4.78, 5) is 13.2. The van der Waals surface area contributed by atoms with Crippen molar-refractivity contribution in [2.45, 2.75) is 33.2 Å². The summed E-state index contributed by atoms with van der Waals surface area (Å²) in [7, 11) is 0. The van der Waals surface area contributed by atoms with E-state index in [-0.39, 0.29) is 10.6 Å². The standard InChI is InChI=1S/C15H23N3O2/c1-3-16-14-5-4-13(10-15(14)18(19)20)11-17-8-6-12(2)7-9-17/h4-5,10,12,16H,3,6-9,11H2,1-2H3. The van der Waals surface area contributed by atoms with Crippen molar-refractivity contribution in [3.05, 3.63) is 33.9 Å². The Morgan fingerprint density at radius 1 is 1.40 bits per heavy atom. The summed E-state index contributed by atoms with van der Waals surface area (Å²) in [5.41, 5.74) is 1.80. The summed E-state index contributed by atoms with van der Waals surface area (Å²) in [6.07, 6.45) is 2.44. The molecule has 1 aromatic carbocycles. The monoisotopic (exact) mass is 277 g/mol. The van der Waals surface area contributed by atoms with Crippen LogP contribution in [0.25, 0.3) is 0 Å². The van der Waals surface area contributed by atoms with Crippen LogP contribution in [0.3, 0.4) is 0 Å². The molecule has 1 aromatic rings. The molecular weight excluding hydrogens is 254 g/mol. The van der Waals surface area contributed by atoms with Crippen molar-refractivity contribution in [2.24, 2.45) is 5.92 Å². The zero-order valence-electron chi connectivity index (χ0n) is 12.3. The van der Waals surface area contributed by atoms with Crippen LogP contribution >= 0.6 is 0 Å². The van der Waals surface area contributed by atoms with Crippen LogP contribution in [0.15, 0.2) is 18.2 Å². The fourth-order valence-corrected chi connectivity index (χ4v) is 2.64. The molecule has 0 atom stereocenters. The lowest BCUT2D eigenvalue weighted by molar-refractivity contribution is -0.384. The number of nitrogens with zero attached hydrogens (tertiary/aromatic N) is 2. The number of nitro benzene ring substituents is 1. The van der Waals surface area contributed by atoms with Gasteiger partial charge in [0.25, 0.3) is 5.69 Å². The number of piperidine rings is 1. The molecule has 1 N–H and O–H groups in total. The topological polar surface area (TPSA) is 58.4 Å². The predicted octanol–water partition coefficient (Wildman–Crippen LogP) is 3.26. The van der Waals surface area contributed by atoms with Gasteiger partial charge in [-0.05, 0) is 50.4 Å². The molecule has 0 aromatic heterocycles. The lowest BCUT2D eigenvalue weighted by Gasteiger charge is -2.30. The maximum Gasteiger partial charge on any atom is 0.292 e. The number of nitro groups is 1. The van der Waals surface area contributed by atoms with E-state index in [2.05, 4.69) is 17.1 Å². The lowest BCUT2D eigenvalue weighted by atomic mass is 9.99. The van der Waals surface area contributed by atoms with E-state index in [1.165, 1.54) is 12.8 Å². The van der Waals surface area contributed by atoms with E-state index < -0.39 is 0 Å². The number of likely N-dealkylation sites (tertiary alicyclic amines) is 1. The molecule has 0 amide bonds. The molecule has 1 saturated heterocycles. The van der Waals surface area contributed by atoms with Crippen molar-refractivity contribution in [3.8, 4) is 0 Å². The van der Waals surface area contributed by atoms with Crippen LogP contribution in [0.1, 0.15) is 32.3 Å². The van der Waals surface area contributed by atoms with Gasteiger partial charge in [-0.1, -0.05) is 13.0 Å². The zero-order valence-corrected chi connectivity index (χ0v) is 12.3. The molecule has 1 fully saturated rings. The first-order chi connectivity index (χ1) is 9.60. The van der Waals surface area contributed by atoms with Gasteiger partial charge < -0.3 is 5.32 Å². The molecule has 0 radical (unpaired) electrons. The number of rotatable bonds is 5. The highest BCUT2D eigenvalue weighted by atomic mass is 16.6. The summed E-state index contributed by atoms with van der Waals surface area (Å²) in [5.74, 6) is 0.803. The normalized spacial score (nSPS) is 17.1. The van der Waals surface area contributed by atoms with Crippen LogP contribution in [0.2, 0.25) is 0 Å². The molecule has 5 heteroatoms. The quantitative estimate of drug-likeness (QED) is 0.663. The van der Waals surface area contributed by atoms with E-state index in [0.29, 0.717) is 12.2 Å². The highest BCUT2D eigenvalue weighted by Crippen LogP contribution is 2.27. The number of benzene rings is 1. The molecule has 20 heavy (non-hydrogen) atoms. The van der Waals surface area contributed by atoms with E-state index in [1.807, 2.05) is 19.1 Å². The molecule has 110 valence electrons. The van der Waals surface area contributed by atoms with E-state index in [1.54, 1.807) is 6.07 Å². The van der Waals surface area contributed by atoms with Crippen molar-refractivity contribution in [1.82, 2.24) is 4.90 Å². The maximum atomic E-state index is 11.1. The average molecular weight is 277 g/mol. The summed E-state index contributed by atoms with van der Waals surface area (Å²) in [6.45, 7) is 7.89. The van der Waals surface area contributed by atoms with Crippen LogP contribution < -0.4 is 5.32 Å². The SMILES string of the molecule is CCNc1ccc(CN2CCC(C)CC2)cc1[N+](=O)[O-]. The zero-order chi connectivity index (χ0) is 14.5. The third kappa shape index (κ3) is 3.70. The molecule has 1 aliphatic heterocycles. The van der Waals surface area contributed by atoms with Crippen molar-refractivity contribution in [2.75, 3.05) is 25.0 Å². The largest absolute Gasteiger partial charge is 0.380 e. The first-order valence-corrected chi connectivity index (χ1v) is 7.33. The molecule has 0 aliphatic carbocycles. The van der Waals surface area contributed by atoms with Gasteiger partial charge in [-0.25, -0.2) is 0 Å². The number of anilines is 1. The molecule has 0 spiro atoms. The molecule has 2 rings (SSSR count). The van der Waals surface area contributed by atoms with Crippen molar-refractivity contribution < 1.29 is 4.92 Å². The second kappa shape index (κ2) is 6.70. The third-order valence-electron chi connectivity index (χ3n) is 3.91. The van der Waals surface area contributed by atoms with Crippen LogP contribution in [-0.4, -0.2) is 29.5 Å². The van der Waals surface area contributed by atoms with Gasteiger partial charge in [-0.3, -0.25) is 15.0 Å². The van der Waals surface area contributed by atoms with Gasteiger partial charge in [0.1, 0.15) is 5.69 Å². The Morgan fingerprint density at radius 3 is 2.70 bits per heavy atom. The molecular formula is C15H23N3O2. The van der Waals surface area contributed by atoms with E-state index in [4.69, 9.17) is 0 Å². The van der Waals surface area contributed by atoms with Crippen LogP contribution in [-0.2, 0) is 6.54 Å². The molecule has 1 aliphatic rings. The van der Waals surface area contributed by atoms with Gasteiger partial charge in [0.05, 0.1) is 4.92 Å². The predicted molar refractivity (Wildman–Crippen MR) is 80.9 cm³/mol. The minimum Gasteiger partial charge on any atom is -0.380 e. The molecule has 1 heterocycles. The maximum absolute atomic E-state index is 11.1. The molecule has 0 saturated carbocycles. The lowest BCUT2D eigenvalue weighted by Crippen LogP contribution is -2.32. The number of hydrogen-bond donors (Lipinski definition) is 1. The summed E-state index contributed by atoms with van der Waals surface area (Å²) >= 11 is 0. The smallest absolute Gasteiger partial charge is 0.292 e. The van der Waals surface area contributed by atoms with E-state index >= 15 is 0 Å².